The molecule has 0 radical (unpaired) electrons. The molecular weight excluding hydrogens is 214 g/mol. The largest absolute Gasteiger partial charge is 0.462 e. The number of nitrogens with one attached hydrogen (secondary N) is 1. The standard InChI is InChI=1S/C14H19NO2/c1-10(2)17-14(16)9-15-13-8-12(13)11-6-4-3-5-7-11/h3-7,10,12-13,15H,8-9H2,1-2H3. The van der Waals surface area contributed by atoms with Crippen molar-refractivity contribution in [3.8, 4) is 0 Å². The van der Waals surface area contributed by atoms with Crippen molar-refractivity contribution >= 4 is 5.97 Å². The van der Waals surface area contributed by atoms with E-state index in [4.69, 9.17) is 4.74 Å². The van der Waals surface area contributed by atoms with Crippen LogP contribution < -0.4 is 5.32 Å². The molecule has 1 fully saturated rings. The molecule has 0 amide bonds. The first-order chi connectivity index (χ1) is 8.16. The van der Waals surface area contributed by atoms with Gasteiger partial charge in [-0.15, -0.1) is 0 Å². The van der Waals surface area contributed by atoms with Crippen LogP contribution in [0, 0.1) is 0 Å². The highest BCUT2D eigenvalue weighted by Crippen LogP contribution is 2.40. The van der Waals surface area contributed by atoms with Gasteiger partial charge in [0.1, 0.15) is 0 Å². The van der Waals surface area contributed by atoms with E-state index in [-0.39, 0.29) is 12.1 Å². The van der Waals surface area contributed by atoms with Gasteiger partial charge in [0, 0.05) is 12.0 Å². The monoisotopic (exact) mass is 233 g/mol. The Hall–Kier alpha value is -1.35. The molecule has 2 rings (SSSR count). The van der Waals surface area contributed by atoms with Crippen LogP contribution in [0.25, 0.3) is 0 Å². The summed E-state index contributed by atoms with van der Waals surface area (Å²) in [5.74, 6) is 0.391. The number of ether oxygens (including phenoxy) is 1. The summed E-state index contributed by atoms with van der Waals surface area (Å²) < 4.78 is 5.07. The van der Waals surface area contributed by atoms with Gasteiger partial charge in [-0.3, -0.25) is 4.79 Å². The first-order valence-electron chi connectivity index (χ1n) is 6.14. The SMILES string of the molecule is CC(C)OC(=O)CNC1CC1c1ccccc1. The minimum absolute atomic E-state index is 0.0339. The Morgan fingerprint density at radius 1 is 1.41 bits per heavy atom. The molecule has 0 saturated heterocycles. The molecule has 2 atom stereocenters. The summed E-state index contributed by atoms with van der Waals surface area (Å²) in [6, 6.07) is 10.8. The van der Waals surface area contributed by atoms with E-state index in [1.165, 1.54) is 5.56 Å². The van der Waals surface area contributed by atoms with Gasteiger partial charge in [0.2, 0.25) is 0 Å². The second-order valence-electron chi connectivity index (χ2n) is 4.78. The van der Waals surface area contributed by atoms with Gasteiger partial charge in [-0.25, -0.2) is 0 Å². The molecule has 1 saturated carbocycles. The fourth-order valence-corrected chi connectivity index (χ4v) is 2.01. The highest BCUT2D eigenvalue weighted by Gasteiger charge is 2.38. The molecule has 92 valence electrons. The molecule has 1 aromatic carbocycles. The zero-order chi connectivity index (χ0) is 12.3. The second-order valence-corrected chi connectivity index (χ2v) is 4.78. The van der Waals surface area contributed by atoms with E-state index in [1.54, 1.807) is 0 Å². The van der Waals surface area contributed by atoms with Crippen LogP contribution in [0.2, 0.25) is 0 Å². The van der Waals surface area contributed by atoms with Crippen molar-refractivity contribution in [1.82, 2.24) is 5.32 Å². The number of hydrogen-bond acceptors (Lipinski definition) is 3. The fraction of sp³-hybridized carbons (Fsp3) is 0.500. The lowest BCUT2D eigenvalue weighted by Gasteiger charge is -2.08. The van der Waals surface area contributed by atoms with Crippen molar-refractivity contribution in [2.24, 2.45) is 0 Å². The molecule has 3 heteroatoms. The zero-order valence-electron chi connectivity index (χ0n) is 10.3. The van der Waals surface area contributed by atoms with Crippen molar-refractivity contribution in [2.75, 3.05) is 6.54 Å². The van der Waals surface area contributed by atoms with Crippen molar-refractivity contribution in [3.05, 3.63) is 35.9 Å². The van der Waals surface area contributed by atoms with Crippen molar-refractivity contribution in [3.63, 3.8) is 0 Å². The van der Waals surface area contributed by atoms with Gasteiger partial charge in [0.15, 0.2) is 0 Å². The van der Waals surface area contributed by atoms with E-state index in [9.17, 15) is 4.79 Å². The third-order valence-electron chi connectivity index (χ3n) is 2.89. The number of carbonyl (C=O) groups is 1. The van der Waals surface area contributed by atoms with Crippen molar-refractivity contribution < 1.29 is 9.53 Å². The van der Waals surface area contributed by atoms with Crippen LogP contribution >= 0.6 is 0 Å². The predicted octanol–water partition coefficient (Wildman–Crippen LogP) is 2.08. The van der Waals surface area contributed by atoms with Gasteiger partial charge in [-0.05, 0) is 25.8 Å². The molecule has 17 heavy (non-hydrogen) atoms. The average molecular weight is 233 g/mol. The number of benzene rings is 1. The molecule has 1 aromatic rings. The molecule has 2 unspecified atom stereocenters. The number of esters is 1. The summed E-state index contributed by atoms with van der Waals surface area (Å²) in [6.45, 7) is 4.04. The Morgan fingerprint density at radius 3 is 2.76 bits per heavy atom. The molecule has 1 N–H and O–H groups in total. The molecule has 0 bridgehead atoms. The lowest BCUT2D eigenvalue weighted by atomic mass is 10.1. The van der Waals surface area contributed by atoms with E-state index in [0.29, 0.717) is 18.5 Å². The maximum atomic E-state index is 11.3. The maximum Gasteiger partial charge on any atom is 0.320 e. The maximum absolute atomic E-state index is 11.3. The van der Waals surface area contributed by atoms with E-state index >= 15 is 0 Å². The quantitative estimate of drug-likeness (QED) is 0.791. The van der Waals surface area contributed by atoms with E-state index in [0.717, 1.165) is 6.42 Å². The highest BCUT2D eigenvalue weighted by atomic mass is 16.5. The minimum Gasteiger partial charge on any atom is -0.462 e. The molecule has 0 aromatic heterocycles. The molecule has 0 spiro atoms. The lowest BCUT2D eigenvalue weighted by Crippen LogP contribution is -2.28. The van der Waals surface area contributed by atoms with Gasteiger partial charge < -0.3 is 10.1 Å². The summed E-state index contributed by atoms with van der Waals surface area (Å²) in [4.78, 5) is 11.3. The summed E-state index contributed by atoms with van der Waals surface area (Å²) in [5, 5.41) is 3.24. The molecule has 1 aliphatic rings. The van der Waals surface area contributed by atoms with Crippen molar-refractivity contribution in [2.45, 2.75) is 38.3 Å². The predicted molar refractivity (Wildman–Crippen MR) is 66.8 cm³/mol. The van der Waals surface area contributed by atoms with Gasteiger partial charge in [-0.1, -0.05) is 30.3 Å². The lowest BCUT2D eigenvalue weighted by molar-refractivity contribution is -0.146. The number of rotatable bonds is 5. The van der Waals surface area contributed by atoms with Crippen LogP contribution in [0.3, 0.4) is 0 Å². The molecule has 1 aliphatic carbocycles. The Bertz CT molecular complexity index is 375. The Kier molecular flexibility index (Phi) is 3.79. The molecule has 0 heterocycles. The summed E-state index contributed by atoms with van der Waals surface area (Å²) in [5.41, 5.74) is 1.35. The Labute approximate surface area is 102 Å². The number of hydrogen-bond donors (Lipinski definition) is 1. The zero-order valence-corrected chi connectivity index (χ0v) is 10.3. The highest BCUT2D eigenvalue weighted by molar-refractivity contribution is 5.71. The summed E-state index contributed by atoms with van der Waals surface area (Å²) in [6.07, 6.45) is 1.08. The van der Waals surface area contributed by atoms with Gasteiger partial charge in [0.05, 0.1) is 12.6 Å². The van der Waals surface area contributed by atoms with Gasteiger partial charge in [-0.2, -0.15) is 0 Å². The Morgan fingerprint density at radius 2 is 2.12 bits per heavy atom. The number of carbonyl (C=O) groups excluding carboxylic acids is 1. The smallest absolute Gasteiger partial charge is 0.320 e. The molecule has 3 nitrogen and oxygen atoms in total. The topological polar surface area (TPSA) is 38.3 Å². The van der Waals surface area contributed by atoms with Crippen molar-refractivity contribution in [1.29, 1.82) is 0 Å². The third-order valence-corrected chi connectivity index (χ3v) is 2.89. The van der Waals surface area contributed by atoms with E-state index in [2.05, 4.69) is 29.6 Å². The summed E-state index contributed by atoms with van der Waals surface area (Å²) >= 11 is 0. The third kappa shape index (κ3) is 3.56. The first kappa shape index (κ1) is 12.1. The first-order valence-corrected chi connectivity index (χ1v) is 6.14. The minimum atomic E-state index is -0.168. The van der Waals surface area contributed by atoms with Crippen LogP contribution in [0.1, 0.15) is 31.7 Å². The normalized spacial score (nSPS) is 22.5. The van der Waals surface area contributed by atoms with Crippen LogP contribution in [0.5, 0.6) is 0 Å². The van der Waals surface area contributed by atoms with Gasteiger partial charge in [0.25, 0.3) is 0 Å². The average Bonchev–Trinajstić information content (AvgIpc) is 3.06. The van der Waals surface area contributed by atoms with Crippen LogP contribution in [-0.2, 0) is 9.53 Å². The second kappa shape index (κ2) is 5.32. The molecule has 0 aliphatic heterocycles. The Balaban J connectivity index is 1.72. The van der Waals surface area contributed by atoms with Crippen LogP contribution in [0.15, 0.2) is 30.3 Å². The van der Waals surface area contributed by atoms with Gasteiger partial charge >= 0.3 is 5.97 Å². The molecular formula is C14H19NO2. The fourth-order valence-electron chi connectivity index (χ4n) is 2.01. The van der Waals surface area contributed by atoms with E-state index in [1.807, 2.05) is 19.9 Å². The summed E-state index contributed by atoms with van der Waals surface area (Å²) in [7, 11) is 0. The van der Waals surface area contributed by atoms with E-state index < -0.39 is 0 Å². The van der Waals surface area contributed by atoms with Crippen LogP contribution in [0.4, 0.5) is 0 Å². The van der Waals surface area contributed by atoms with Crippen LogP contribution in [-0.4, -0.2) is 24.7 Å².